The largest absolute Gasteiger partial charge is 0.490 e. The summed E-state index contributed by atoms with van der Waals surface area (Å²) >= 11 is 3.11. The van der Waals surface area contributed by atoms with Crippen LogP contribution < -0.4 is 10.1 Å². The Labute approximate surface area is 114 Å². The summed E-state index contributed by atoms with van der Waals surface area (Å²) < 4.78 is 32.1. The Kier molecular flexibility index (Phi) is 4.95. The highest BCUT2D eigenvalue weighted by atomic mass is 79.9. The Morgan fingerprint density at radius 3 is 2.78 bits per heavy atom. The van der Waals surface area contributed by atoms with Gasteiger partial charge in [0.25, 0.3) is 0 Å². The number of ether oxygens (including phenoxy) is 1. The molecule has 1 fully saturated rings. The van der Waals surface area contributed by atoms with Gasteiger partial charge in [0.15, 0.2) is 11.6 Å². The zero-order chi connectivity index (χ0) is 13.0. The monoisotopic (exact) mass is 319 g/mol. The van der Waals surface area contributed by atoms with Gasteiger partial charge in [-0.05, 0) is 44.4 Å². The minimum absolute atomic E-state index is 0.0305. The number of benzene rings is 1. The molecule has 1 aliphatic rings. The lowest BCUT2D eigenvalue weighted by Gasteiger charge is -2.08. The van der Waals surface area contributed by atoms with E-state index in [4.69, 9.17) is 4.74 Å². The molecular weight excluding hydrogens is 304 g/mol. The molecule has 0 unspecified atom stereocenters. The first-order valence-corrected chi connectivity index (χ1v) is 6.97. The lowest BCUT2D eigenvalue weighted by atomic mass is 10.3. The molecule has 0 bridgehead atoms. The van der Waals surface area contributed by atoms with Crippen molar-refractivity contribution in [2.75, 3.05) is 13.2 Å². The second-order valence-corrected chi connectivity index (χ2v) is 5.40. The molecule has 0 aliphatic heterocycles. The Hall–Kier alpha value is -0.680. The van der Waals surface area contributed by atoms with Crippen molar-refractivity contribution in [3.05, 3.63) is 28.2 Å². The summed E-state index contributed by atoms with van der Waals surface area (Å²) in [6, 6.07) is 3.24. The molecule has 0 atom stereocenters. The number of rotatable bonds is 7. The zero-order valence-electron chi connectivity index (χ0n) is 10.0. The third kappa shape index (κ3) is 4.21. The van der Waals surface area contributed by atoms with Crippen LogP contribution in [0.4, 0.5) is 8.78 Å². The van der Waals surface area contributed by atoms with Gasteiger partial charge in [0.2, 0.25) is 5.82 Å². The standard InChI is InChI=1S/C13H16BrF2NO/c14-9-7-11(15)13(16)12(8-9)18-6-2-1-5-17-10-3-4-10/h7-8,10,17H,1-6H2. The summed E-state index contributed by atoms with van der Waals surface area (Å²) in [5.41, 5.74) is 0. The molecule has 1 N–H and O–H groups in total. The van der Waals surface area contributed by atoms with E-state index in [1.807, 2.05) is 0 Å². The summed E-state index contributed by atoms with van der Waals surface area (Å²) in [5.74, 6) is -1.85. The molecule has 0 heterocycles. The van der Waals surface area contributed by atoms with Crippen LogP contribution in [0, 0.1) is 11.6 Å². The predicted octanol–water partition coefficient (Wildman–Crippen LogP) is 3.64. The van der Waals surface area contributed by atoms with Crippen LogP contribution in [0.5, 0.6) is 5.75 Å². The summed E-state index contributed by atoms with van der Waals surface area (Å²) in [5, 5.41) is 3.39. The van der Waals surface area contributed by atoms with Crippen LogP contribution >= 0.6 is 15.9 Å². The number of nitrogens with one attached hydrogen (secondary N) is 1. The highest BCUT2D eigenvalue weighted by Crippen LogP contribution is 2.25. The van der Waals surface area contributed by atoms with Gasteiger partial charge in [-0.1, -0.05) is 15.9 Å². The predicted molar refractivity (Wildman–Crippen MR) is 69.8 cm³/mol. The van der Waals surface area contributed by atoms with Crippen LogP contribution in [-0.4, -0.2) is 19.2 Å². The van der Waals surface area contributed by atoms with Gasteiger partial charge in [-0.2, -0.15) is 4.39 Å². The van der Waals surface area contributed by atoms with E-state index in [1.54, 1.807) is 0 Å². The number of hydrogen-bond donors (Lipinski definition) is 1. The SMILES string of the molecule is Fc1cc(Br)cc(OCCCCNC2CC2)c1F. The Morgan fingerprint density at radius 2 is 2.06 bits per heavy atom. The van der Waals surface area contributed by atoms with Crippen LogP contribution in [0.15, 0.2) is 16.6 Å². The second-order valence-electron chi connectivity index (χ2n) is 4.48. The Bertz CT molecular complexity index is 410. The third-order valence-corrected chi connectivity index (χ3v) is 3.26. The molecule has 1 aromatic carbocycles. The molecule has 0 spiro atoms. The normalized spacial score (nSPS) is 14.8. The van der Waals surface area contributed by atoms with Crippen LogP contribution in [-0.2, 0) is 0 Å². The van der Waals surface area contributed by atoms with E-state index >= 15 is 0 Å². The maximum Gasteiger partial charge on any atom is 0.200 e. The molecule has 0 amide bonds. The van der Waals surface area contributed by atoms with Crippen molar-refractivity contribution >= 4 is 15.9 Å². The van der Waals surface area contributed by atoms with E-state index in [0.29, 0.717) is 17.1 Å². The molecular formula is C13H16BrF2NO. The van der Waals surface area contributed by atoms with Gasteiger partial charge in [-0.25, -0.2) is 4.39 Å². The average molecular weight is 320 g/mol. The van der Waals surface area contributed by atoms with Crippen LogP contribution in [0.2, 0.25) is 0 Å². The van der Waals surface area contributed by atoms with Crippen molar-refractivity contribution < 1.29 is 13.5 Å². The van der Waals surface area contributed by atoms with Gasteiger partial charge in [0.05, 0.1) is 6.61 Å². The second kappa shape index (κ2) is 6.48. The fourth-order valence-electron chi connectivity index (χ4n) is 1.64. The fourth-order valence-corrected chi connectivity index (χ4v) is 2.05. The molecule has 0 aromatic heterocycles. The van der Waals surface area contributed by atoms with E-state index in [2.05, 4.69) is 21.2 Å². The van der Waals surface area contributed by atoms with Crippen molar-refractivity contribution in [3.8, 4) is 5.75 Å². The van der Waals surface area contributed by atoms with E-state index < -0.39 is 11.6 Å². The first-order valence-electron chi connectivity index (χ1n) is 6.17. The lowest BCUT2D eigenvalue weighted by molar-refractivity contribution is 0.285. The summed E-state index contributed by atoms with van der Waals surface area (Å²) in [6.07, 6.45) is 4.36. The minimum Gasteiger partial charge on any atom is -0.490 e. The quantitative estimate of drug-likeness (QED) is 0.612. The summed E-state index contributed by atoms with van der Waals surface area (Å²) in [6.45, 7) is 1.36. The highest BCUT2D eigenvalue weighted by molar-refractivity contribution is 9.10. The van der Waals surface area contributed by atoms with Gasteiger partial charge in [-0.3, -0.25) is 0 Å². The molecule has 2 nitrogen and oxygen atoms in total. The van der Waals surface area contributed by atoms with Crippen LogP contribution in [0.3, 0.4) is 0 Å². The van der Waals surface area contributed by atoms with Crippen molar-refractivity contribution in [3.63, 3.8) is 0 Å². The molecule has 0 radical (unpaired) electrons. The number of halogens is 3. The third-order valence-electron chi connectivity index (χ3n) is 2.80. The average Bonchev–Trinajstić information content (AvgIpc) is 3.13. The molecule has 1 aromatic rings. The molecule has 5 heteroatoms. The van der Waals surface area contributed by atoms with Crippen molar-refractivity contribution in [1.82, 2.24) is 5.32 Å². The maximum absolute atomic E-state index is 13.3. The topological polar surface area (TPSA) is 21.3 Å². The van der Waals surface area contributed by atoms with E-state index in [0.717, 1.165) is 25.5 Å². The Morgan fingerprint density at radius 1 is 1.28 bits per heavy atom. The minimum atomic E-state index is -0.922. The first-order chi connectivity index (χ1) is 8.66. The van der Waals surface area contributed by atoms with E-state index in [1.165, 1.54) is 18.9 Å². The van der Waals surface area contributed by atoms with Gasteiger partial charge >= 0.3 is 0 Å². The molecule has 1 saturated carbocycles. The van der Waals surface area contributed by atoms with Crippen LogP contribution in [0.25, 0.3) is 0 Å². The first kappa shape index (κ1) is 13.7. The molecule has 0 saturated heterocycles. The summed E-state index contributed by atoms with van der Waals surface area (Å²) in [7, 11) is 0. The van der Waals surface area contributed by atoms with Gasteiger partial charge in [-0.15, -0.1) is 0 Å². The maximum atomic E-state index is 13.3. The van der Waals surface area contributed by atoms with Crippen molar-refractivity contribution in [1.29, 1.82) is 0 Å². The van der Waals surface area contributed by atoms with Crippen molar-refractivity contribution in [2.24, 2.45) is 0 Å². The van der Waals surface area contributed by atoms with E-state index in [9.17, 15) is 8.78 Å². The van der Waals surface area contributed by atoms with Gasteiger partial charge in [0, 0.05) is 10.5 Å². The smallest absolute Gasteiger partial charge is 0.200 e. The number of unbranched alkanes of at least 4 members (excludes halogenated alkanes) is 1. The molecule has 1 aliphatic carbocycles. The zero-order valence-corrected chi connectivity index (χ0v) is 11.6. The molecule has 100 valence electrons. The van der Waals surface area contributed by atoms with Gasteiger partial charge in [0.1, 0.15) is 0 Å². The Balaban J connectivity index is 1.68. The van der Waals surface area contributed by atoms with Gasteiger partial charge < -0.3 is 10.1 Å². The van der Waals surface area contributed by atoms with E-state index in [-0.39, 0.29) is 5.75 Å². The van der Waals surface area contributed by atoms with Crippen LogP contribution in [0.1, 0.15) is 25.7 Å². The fraction of sp³-hybridized carbons (Fsp3) is 0.538. The van der Waals surface area contributed by atoms with Crippen molar-refractivity contribution in [2.45, 2.75) is 31.7 Å². The lowest BCUT2D eigenvalue weighted by Crippen LogP contribution is -2.18. The molecule has 2 rings (SSSR count). The summed E-state index contributed by atoms with van der Waals surface area (Å²) in [4.78, 5) is 0. The number of hydrogen-bond acceptors (Lipinski definition) is 2. The highest BCUT2D eigenvalue weighted by Gasteiger charge is 2.19. The molecule has 18 heavy (non-hydrogen) atoms.